The third-order valence-electron chi connectivity index (χ3n) is 4.87. The summed E-state index contributed by atoms with van der Waals surface area (Å²) in [6, 6.07) is 8.16. The zero-order chi connectivity index (χ0) is 17.8. The summed E-state index contributed by atoms with van der Waals surface area (Å²) < 4.78 is 6.70. The molecule has 0 bridgehead atoms. The lowest BCUT2D eigenvalue weighted by Crippen LogP contribution is -2.39. The smallest absolute Gasteiger partial charge is 0.266 e. The van der Waals surface area contributed by atoms with E-state index in [1.54, 1.807) is 0 Å². The van der Waals surface area contributed by atoms with E-state index >= 15 is 0 Å². The molecule has 134 valence electrons. The lowest BCUT2D eigenvalue weighted by Gasteiger charge is -2.29. The first-order valence-corrected chi connectivity index (χ1v) is 10.4. The summed E-state index contributed by atoms with van der Waals surface area (Å²) in [6.07, 6.45) is 8.78. The van der Waals surface area contributed by atoms with Crippen LogP contribution in [0.3, 0.4) is 0 Å². The van der Waals surface area contributed by atoms with Crippen LogP contribution >= 0.6 is 24.0 Å². The quantitative estimate of drug-likeness (QED) is 0.509. The van der Waals surface area contributed by atoms with Crippen LogP contribution < -0.4 is 4.74 Å². The van der Waals surface area contributed by atoms with Gasteiger partial charge in [0.25, 0.3) is 5.91 Å². The Labute approximate surface area is 159 Å². The van der Waals surface area contributed by atoms with E-state index in [9.17, 15) is 4.79 Å². The van der Waals surface area contributed by atoms with Crippen molar-refractivity contribution in [3.63, 3.8) is 0 Å². The summed E-state index contributed by atoms with van der Waals surface area (Å²) in [5.41, 5.74) is 0.937. The van der Waals surface area contributed by atoms with Gasteiger partial charge in [-0.05, 0) is 38.3 Å². The molecule has 2 aliphatic rings. The molecular weight excluding hydrogens is 350 g/mol. The van der Waals surface area contributed by atoms with Gasteiger partial charge in [-0.2, -0.15) is 0 Å². The highest BCUT2D eigenvalue weighted by Gasteiger charge is 2.37. The van der Waals surface area contributed by atoms with Crippen LogP contribution in [-0.2, 0) is 4.79 Å². The van der Waals surface area contributed by atoms with Gasteiger partial charge in [-0.1, -0.05) is 68.4 Å². The summed E-state index contributed by atoms with van der Waals surface area (Å²) >= 11 is 6.93. The molecule has 0 aromatic heterocycles. The minimum atomic E-state index is 0.0558. The molecule has 1 aromatic rings. The normalized spacial score (nSPS) is 21.8. The number of carbonyl (C=O) groups is 1. The molecule has 0 unspecified atom stereocenters. The van der Waals surface area contributed by atoms with Crippen molar-refractivity contribution < 1.29 is 9.53 Å². The van der Waals surface area contributed by atoms with Gasteiger partial charge in [-0.25, -0.2) is 0 Å². The number of ether oxygens (including phenoxy) is 1. The SMILES string of the molecule is CC[C@@H](C)Oc1ccccc1/C=C1\SC(=S)N(C2CCCCC2)C1=O. The van der Waals surface area contributed by atoms with E-state index in [1.165, 1.54) is 31.0 Å². The predicted octanol–water partition coefficient (Wildman–Crippen LogP) is 5.40. The van der Waals surface area contributed by atoms with Crippen molar-refractivity contribution >= 4 is 40.3 Å². The Morgan fingerprint density at radius 3 is 2.76 bits per heavy atom. The van der Waals surface area contributed by atoms with Gasteiger partial charge in [0.15, 0.2) is 0 Å². The van der Waals surface area contributed by atoms with E-state index in [0.29, 0.717) is 9.23 Å². The molecule has 1 aliphatic heterocycles. The molecule has 5 heteroatoms. The summed E-state index contributed by atoms with van der Waals surface area (Å²) in [5, 5.41) is 0. The molecule has 1 aliphatic carbocycles. The molecule has 0 N–H and O–H groups in total. The average Bonchev–Trinajstić information content (AvgIpc) is 2.90. The largest absolute Gasteiger partial charge is 0.490 e. The van der Waals surface area contributed by atoms with Crippen molar-refractivity contribution in [3.8, 4) is 5.75 Å². The van der Waals surface area contributed by atoms with Crippen molar-refractivity contribution in [2.24, 2.45) is 0 Å². The van der Waals surface area contributed by atoms with Crippen molar-refractivity contribution in [2.75, 3.05) is 0 Å². The van der Waals surface area contributed by atoms with Crippen molar-refractivity contribution in [2.45, 2.75) is 64.5 Å². The number of benzene rings is 1. The van der Waals surface area contributed by atoms with Crippen LogP contribution in [0.1, 0.15) is 57.9 Å². The molecule has 2 fully saturated rings. The lowest BCUT2D eigenvalue weighted by atomic mass is 9.94. The molecule has 1 saturated heterocycles. The average molecular weight is 376 g/mol. The molecule has 0 radical (unpaired) electrons. The number of thioether (sulfide) groups is 1. The van der Waals surface area contributed by atoms with E-state index in [-0.39, 0.29) is 18.1 Å². The topological polar surface area (TPSA) is 29.5 Å². The van der Waals surface area contributed by atoms with Crippen molar-refractivity contribution in [1.29, 1.82) is 0 Å². The Morgan fingerprint density at radius 2 is 2.04 bits per heavy atom. The van der Waals surface area contributed by atoms with Crippen LogP contribution in [-0.4, -0.2) is 27.3 Å². The third kappa shape index (κ3) is 4.26. The Morgan fingerprint density at radius 1 is 1.32 bits per heavy atom. The highest BCUT2D eigenvalue weighted by Crippen LogP contribution is 2.38. The maximum absolute atomic E-state index is 12.9. The number of rotatable bonds is 5. The number of thiocarbonyl (C=S) groups is 1. The maximum Gasteiger partial charge on any atom is 0.266 e. The molecule has 3 rings (SSSR count). The van der Waals surface area contributed by atoms with Crippen molar-refractivity contribution in [1.82, 2.24) is 4.90 Å². The molecule has 1 atom stereocenters. The summed E-state index contributed by atoms with van der Waals surface area (Å²) in [6.45, 7) is 4.15. The number of carbonyl (C=O) groups excluding carboxylic acids is 1. The van der Waals surface area contributed by atoms with Gasteiger partial charge in [0.2, 0.25) is 0 Å². The summed E-state index contributed by atoms with van der Waals surface area (Å²) in [7, 11) is 0. The van der Waals surface area contributed by atoms with Gasteiger partial charge in [0, 0.05) is 11.6 Å². The molecule has 1 heterocycles. The lowest BCUT2D eigenvalue weighted by molar-refractivity contribution is -0.124. The van der Waals surface area contributed by atoms with Crippen molar-refractivity contribution in [3.05, 3.63) is 34.7 Å². The maximum atomic E-state index is 12.9. The highest BCUT2D eigenvalue weighted by atomic mass is 32.2. The van der Waals surface area contributed by atoms with E-state index in [4.69, 9.17) is 17.0 Å². The van der Waals surface area contributed by atoms with E-state index < -0.39 is 0 Å². The summed E-state index contributed by atoms with van der Waals surface area (Å²) in [5.74, 6) is 0.875. The highest BCUT2D eigenvalue weighted by molar-refractivity contribution is 8.26. The zero-order valence-electron chi connectivity index (χ0n) is 14.9. The minimum Gasteiger partial charge on any atom is -0.490 e. The first-order chi connectivity index (χ1) is 12.1. The van der Waals surface area contributed by atoms with Gasteiger partial charge >= 0.3 is 0 Å². The summed E-state index contributed by atoms with van der Waals surface area (Å²) in [4.78, 5) is 15.5. The third-order valence-corrected chi connectivity index (χ3v) is 6.20. The van der Waals surface area contributed by atoms with Crippen LogP contribution in [0.4, 0.5) is 0 Å². The first-order valence-electron chi connectivity index (χ1n) is 9.13. The van der Waals surface area contributed by atoms with E-state index in [1.807, 2.05) is 35.2 Å². The Bertz CT molecular complexity index is 680. The molecule has 3 nitrogen and oxygen atoms in total. The fraction of sp³-hybridized carbons (Fsp3) is 0.500. The van der Waals surface area contributed by atoms with Gasteiger partial charge in [-0.3, -0.25) is 9.69 Å². The molecule has 1 saturated carbocycles. The number of para-hydroxylation sites is 1. The van der Waals surface area contributed by atoms with Crippen LogP contribution in [0.25, 0.3) is 6.08 Å². The fourth-order valence-electron chi connectivity index (χ4n) is 3.28. The van der Waals surface area contributed by atoms with Gasteiger partial charge < -0.3 is 4.74 Å². The van der Waals surface area contributed by atoms with Crippen LogP contribution in [0.5, 0.6) is 5.75 Å². The molecular formula is C20H25NO2S2. The Hall–Kier alpha value is -1.33. The number of amides is 1. The fourth-order valence-corrected chi connectivity index (χ4v) is 4.67. The second-order valence-electron chi connectivity index (χ2n) is 6.72. The van der Waals surface area contributed by atoms with Gasteiger partial charge in [0.1, 0.15) is 10.1 Å². The zero-order valence-corrected chi connectivity index (χ0v) is 16.5. The van der Waals surface area contributed by atoms with E-state index in [2.05, 4.69) is 13.8 Å². The number of nitrogens with zero attached hydrogens (tertiary/aromatic N) is 1. The standard InChI is InChI=1S/C20H25NO2S2/c1-3-14(2)23-17-12-8-7-9-15(17)13-18-19(22)21(20(24)25-18)16-10-5-4-6-11-16/h7-9,12-14,16H,3-6,10-11H2,1-2H3/b18-13-/t14-/m1/s1. The Kier molecular flexibility index (Phi) is 6.18. The monoisotopic (exact) mass is 375 g/mol. The second kappa shape index (κ2) is 8.37. The van der Waals surface area contributed by atoms with Crippen LogP contribution in [0.15, 0.2) is 29.2 Å². The molecule has 0 spiro atoms. The van der Waals surface area contributed by atoms with Crippen LogP contribution in [0, 0.1) is 0 Å². The Balaban J connectivity index is 1.82. The van der Waals surface area contributed by atoms with E-state index in [0.717, 1.165) is 30.6 Å². The van der Waals surface area contributed by atoms with Crippen LogP contribution in [0.2, 0.25) is 0 Å². The molecule has 25 heavy (non-hydrogen) atoms. The number of hydrogen-bond donors (Lipinski definition) is 0. The molecule has 1 aromatic carbocycles. The van der Waals surface area contributed by atoms with Gasteiger partial charge in [0.05, 0.1) is 11.0 Å². The predicted molar refractivity (Wildman–Crippen MR) is 109 cm³/mol. The minimum absolute atomic E-state index is 0.0558. The van der Waals surface area contributed by atoms with Gasteiger partial charge in [-0.15, -0.1) is 0 Å². The first kappa shape index (κ1) is 18.5. The number of hydrogen-bond acceptors (Lipinski definition) is 4. The molecule has 1 amide bonds. The second-order valence-corrected chi connectivity index (χ2v) is 8.39.